The first-order valence-electron chi connectivity index (χ1n) is 5.71. The first-order valence-corrected chi connectivity index (χ1v) is 7.77. The van der Waals surface area contributed by atoms with Crippen molar-refractivity contribution in [1.82, 2.24) is 5.32 Å². The monoisotopic (exact) mass is 235 g/mol. The van der Waals surface area contributed by atoms with Gasteiger partial charge < -0.3 is 5.32 Å². The predicted octanol–water partition coefficient (Wildman–Crippen LogP) is 1.84. The van der Waals surface area contributed by atoms with Gasteiger partial charge in [-0.25, -0.2) is 8.42 Å². The molecule has 4 heteroatoms. The van der Waals surface area contributed by atoms with Crippen molar-refractivity contribution in [3.63, 3.8) is 0 Å². The highest BCUT2D eigenvalue weighted by molar-refractivity contribution is 7.90. The summed E-state index contributed by atoms with van der Waals surface area (Å²) in [5.41, 5.74) is 0.109. The maximum atomic E-state index is 11.1. The highest BCUT2D eigenvalue weighted by atomic mass is 32.2. The highest BCUT2D eigenvalue weighted by Crippen LogP contribution is 2.25. The van der Waals surface area contributed by atoms with Gasteiger partial charge in [-0.05, 0) is 31.2 Å². The van der Waals surface area contributed by atoms with Crippen LogP contribution in [0.1, 0.15) is 40.0 Å². The van der Waals surface area contributed by atoms with Crippen molar-refractivity contribution in [3.05, 3.63) is 0 Å². The van der Waals surface area contributed by atoms with Crippen LogP contribution in [0.2, 0.25) is 0 Å². The molecule has 0 aliphatic rings. The van der Waals surface area contributed by atoms with Gasteiger partial charge >= 0.3 is 0 Å². The zero-order chi connectivity index (χ0) is 11.9. The van der Waals surface area contributed by atoms with Gasteiger partial charge in [0.05, 0.1) is 5.75 Å². The minimum atomic E-state index is -2.83. The Morgan fingerprint density at radius 1 is 1.27 bits per heavy atom. The van der Waals surface area contributed by atoms with E-state index in [1.807, 2.05) is 0 Å². The van der Waals surface area contributed by atoms with Gasteiger partial charge in [0, 0.05) is 12.8 Å². The summed E-state index contributed by atoms with van der Waals surface area (Å²) in [6, 6.07) is 0. The first kappa shape index (κ1) is 14.9. The van der Waals surface area contributed by atoms with Gasteiger partial charge in [-0.3, -0.25) is 0 Å². The molecular weight excluding hydrogens is 210 g/mol. The quantitative estimate of drug-likeness (QED) is 0.653. The van der Waals surface area contributed by atoms with E-state index in [9.17, 15) is 8.42 Å². The van der Waals surface area contributed by atoms with Crippen molar-refractivity contribution < 1.29 is 8.42 Å². The van der Waals surface area contributed by atoms with E-state index in [1.54, 1.807) is 0 Å². The van der Waals surface area contributed by atoms with E-state index in [-0.39, 0.29) is 5.41 Å². The molecular formula is C11H25NO2S. The van der Waals surface area contributed by atoms with E-state index < -0.39 is 9.84 Å². The standard InChI is InChI=1S/C11H25NO2S/c1-5-8-12-10-11(3,6-2)7-9-15(4,13)14/h12H,5-10H2,1-4H3. The molecule has 0 heterocycles. The van der Waals surface area contributed by atoms with Crippen molar-refractivity contribution in [2.45, 2.75) is 40.0 Å². The molecule has 0 saturated heterocycles. The summed E-state index contributed by atoms with van der Waals surface area (Å²) < 4.78 is 22.2. The molecule has 0 aliphatic heterocycles. The zero-order valence-corrected chi connectivity index (χ0v) is 11.3. The van der Waals surface area contributed by atoms with Gasteiger partial charge in [-0.15, -0.1) is 0 Å². The van der Waals surface area contributed by atoms with Crippen LogP contribution in [0.3, 0.4) is 0 Å². The summed E-state index contributed by atoms with van der Waals surface area (Å²) in [6.45, 7) is 8.32. The fourth-order valence-corrected chi connectivity index (χ4v) is 2.25. The summed E-state index contributed by atoms with van der Waals surface area (Å²) in [5.74, 6) is 0.297. The van der Waals surface area contributed by atoms with Crippen molar-refractivity contribution in [2.75, 3.05) is 25.1 Å². The minimum Gasteiger partial charge on any atom is -0.316 e. The lowest BCUT2D eigenvalue weighted by Gasteiger charge is -2.28. The molecule has 0 aromatic carbocycles. The average molecular weight is 235 g/mol. The Labute approximate surface area is 94.6 Å². The maximum absolute atomic E-state index is 11.1. The summed E-state index contributed by atoms with van der Waals surface area (Å²) in [5, 5.41) is 3.37. The number of rotatable bonds is 8. The predicted molar refractivity (Wildman–Crippen MR) is 65.9 cm³/mol. The van der Waals surface area contributed by atoms with Crippen LogP contribution in [0.5, 0.6) is 0 Å². The molecule has 15 heavy (non-hydrogen) atoms. The van der Waals surface area contributed by atoms with Crippen molar-refractivity contribution in [2.24, 2.45) is 5.41 Å². The molecule has 0 fully saturated rings. The normalized spacial score (nSPS) is 16.3. The van der Waals surface area contributed by atoms with Crippen LogP contribution in [0.25, 0.3) is 0 Å². The Bertz CT molecular complexity index is 262. The summed E-state index contributed by atoms with van der Waals surface area (Å²) >= 11 is 0. The second kappa shape index (κ2) is 6.48. The van der Waals surface area contributed by atoms with E-state index in [1.165, 1.54) is 6.26 Å². The van der Waals surface area contributed by atoms with Crippen LogP contribution < -0.4 is 5.32 Å². The average Bonchev–Trinajstić information content (AvgIpc) is 2.14. The molecule has 1 N–H and O–H groups in total. The molecule has 0 aliphatic carbocycles. The van der Waals surface area contributed by atoms with Gasteiger partial charge in [0.2, 0.25) is 0 Å². The van der Waals surface area contributed by atoms with E-state index in [4.69, 9.17) is 0 Å². The smallest absolute Gasteiger partial charge is 0.147 e. The lowest BCUT2D eigenvalue weighted by molar-refractivity contribution is 0.283. The van der Waals surface area contributed by atoms with Gasteiger partial charge in [0.1, 0.15) is 9.84 Å². The Hall–Kier alpha value is -0.0900. The Morgan fingerprint density at radius 3 is 2.27 bits per heavy atom. The molecule has 0 rings (SSSR count). The lowest BCUT2D eigenvalue weighted by atomic mass is 9.84. The third-order valence-corrected chi connectivity index (χ3v) is 3.85. The van der Waals surface area contributed by atoms with Crippen molar-refractivity contribution in [1.29, 1.82) is 0 Å². The van der Waals surface area contributed by atoms with Gasteiger partial charge in [-0.1, -0.05) is 20.8 Å². The number of sulfone groups is 1. The molecule has 0 radical (unpaired) electrons. The first-order chi connectivity index (χ1) is 6.83. The summed E-state index contributed by atoms with van der Waals surface area (Å²) in [6.07, 6.45) is 4.19. The second-order valence-corrected chi connectivity index (χ2v) is 6.98. The molecule has 0 amide bonds. The molecule has 1 atom stereocenters. The highest BCUT2D eigenvalue weighted by Gasteiger charge is 2.23. The van der Waals surface area contributed by atoms with Crippen molar-refractivity contribution in [3.8, 4) is 0 Å². The third-order valence-electron chi connectivity index (χ3n) is 2.91. The molecule has 0 saturated carbocycles. The van der Waals surface area contributed by atoms with Crippen LogP contribution in [0.15, 0.2) is 0 Å². The molecule has 0 aromatic rings. The Balaban J connectivity index is 4.07. The Kier molecular flexibility index (Phi) is 6.44. The van der Waals surface area contributed by atoms with E-state index in [2.05, 4.69) is 26.1 Å². The van der Waals surface area contributed by atoms with Crippen LogP contribution in [0.4, 0.5) is 0 Å². The third kappa shape index (κ3) is 7.79. The number of hydrogen-bond donors (Lipinski definition) is 1. The SMILES string of the molecule is CCCNCC(C)(CC)CCS(C)(=O)=O. The fourth-order valence-electron chi connectivity index (χ4n) is 1.39. The van der Waals surface area contributed by atoms with E-state index in [0.717, 1.165) is 32.4 Å². The van der Waals surface area contributed by atoms with Gasteiger partial charge in [0.15, 0.2) is 0 Å². The Morgan fingerprint density at radius 2 is 1.87 bits per heavy atom. The summed E-state index contributed by atoms with van der Waals surface area (Å²) in [7, 11) is -2.83. The van der Waals surface area contributed by atoms with Gasteiger partial charge in [0.25, 0.3) is 0 Å². The van der Waals surface area contributed by atoms with E-state index >= 15 is 0 Å². The molecule has 0 aromatic heterocycles. The van der Waals surface area contributed by atoms with Crippen LogP contribution in [0, 0.1) is 5.41 Å². The zero-order valence-electron chi connectivity index (χ0n) is 10.5. The van der Waals surface area contributed by atoms with Gasteiger partial charge in [-0.2, -0.15) is 0 Å². The minimum absolute atomic E-state index is 0.109. The van der Waals surface area contributed by atoms with Crippen LogP contribution in [-0.2, 0) is 9.84 Å². The molecule has 0 spiro atoms. The second-order valence-electron chi connectivity index (χ2n) is 4.72. The molecule has 0 bridgehead atoms. The maximum Gasteiger partial charge on any atom is 0.147 e. The van der Waals surface area contributed by atoms with Crippen LogP contribution in [-0.4, -0.2) is 33.5 Å². The largest absolute Gasteiger partial charge is 0.316 e. The lowest BCUT2D eigenvalue weighted by Crippen LogP contribution is -2.33. The molecule has 1 unspecified atom stereocenters. The molecule has 3 nitrogen and oxygen atoms in total. The molecule has 92 valence electrons. The number of nitrogens with one attached hydrogen (secondary N) is 1. The topological polar surface area (TPSA) is 46.2 Å². The van der Waals surface area contributed by atoms with E-state index in [0.29, 0.717) is 5.75 Å². The van der Waals surface area contributed by atoms with Crippen LogP contribution >= 0.6 is 0 Å². The van der Waals surface area contributed by atoms with Crippen molar-refractivity contribution >= 4 is 9.84 Å². The number of hydrogen-bond acceptors (Lipinski definition) is 3. The fraction of sp³-hybridized carbons (Fsp3) is 1.00. The summed E-state index contributed by atoms with van der Waals surface area (Å²) in [4.78, 5) is 0.